The number of halogens is 4. The van der Waals surface area contributed by atoms with Crippen molar-refractivity contribution in [2.75, 3.05) is 23.9 Å². The summed E-state index contributed by atoms with van der Waals surface area (Å²) in [6, 6.07) is 8.32. The first-order chi connectivity index (χ1) is 19.5. The van der Waals surface area contributed by atoms with E-state index >= 15 is 0 Å². The first-order valence-electron chi connectivity index (χ1n) is 12.7. The van der Waals surface area contributed by atoms with Crippen molar-refractivity contribution in [1.82, 2.24) is 9.88 Å². The van der Waals surface area contributed by atoms with Gasteiger partial charge in [-0.25, -0.2) is 4.79 Å². The number of pyridine rings is 1. The molecule has 41 heavy (non-hydrogen) atoms. The standard InChI is InChI=1S/C28H23ClF3N5O4/c1-13(2)41-18-10-19(40-3)23-25-21(18)26-35-22(14-4-7-16(29)8-5-14)24(17-9-6-15(11-33-17)28(30,31)32)37(26)27(39)36(25)12-20(38)34-23/h4-11,13,22,24H,12H2,1-3H3,(H,34,38)/t22-,24+/m0/s1. The molecule has 3 aliphatic rings. The first-order valence-corrected chi connectivity index (χ1v) is 13.0. The molecule has 3 amide bonds. The molecule has 6 rings (SSSR count). The Morgan fingerprint density at radius 2 is 1.83 bits per heavy atom. The van der Waals surface area contributed by atoms with Gasteiger partial charge in [0.05, 0.1) is 35.7 Å². The second-order valence-electron chi connectivity index (χ2n) is 9.99. The molecule has 0 saturated carbocycles. The third-order valence-electron chi connectivity index (χ3n) is 7.00. The largest absolute Gasteiger partial charge is 0.494 e. The van der Waals surface area contributed by atoms with Gasteiger partial charge in [0.15, 0.2) is 0 Å². The Morgan fingerprint density at radius 3 is 2.44 bits per heavy atom. The Bertz CT molecular complexity index is 1590. The van der Waals surface area contributed by atoms with Gasteiger partial charge >= 0.3 is 12.2 Å². The van der Waals surface area contributed by atoms with Crippen LogP contribution in [-0.4, -0.2) is 47.4 Å². The van der Waals surface area contributed by atoms with Crippen LogP contribution in [0.2, 0.25) is 5.02 Å². The fourth-order valence-corrected chi connectivity index (χ4v) is 5.45. The Morgan fingerprint density at radius 1 is 1.10 bits per heavy atom. The monoisotopic (exact) mass is 585 g/mol. The predicted octanol–water partition coefficient (Wildman–Crippen LogP) is 5.99. The van der Waals surface area contributed by atoms with E-state index < -0.39 is 35.8 Å². The summed E-state index contributed by atoms with van der Waals surface area (Å²) in [6.45, 7) is 3.38. The van der Waals surface area contributed by atoms with E-state index in [0.717, 1.165) is 12.3 Å². The highest BCUT2D eigenvalue weighted by atomic mass is 35.5. The van der Waals surface area contributed by atoms with Crippen molar-refractivity contribution in [1.29, 1.82) is 0 Å². The van der Waals surface area contributed by atoms with E-state index in [1.54, 1.807) is 30.3 Å². The van der Waals surface area contributed by atoms with Gasteiger partial charge in [0.2, 0.25) is 5.91 Å². The molecular weight excluding hydrogens is 563 g/mol. The van der Waals surface area contributed by atoms with E-state index in [4.69, 9.17) is 26.1 Å². The summed E-state index contributed by atoms with van der Waals surface area (Å²) in [5, 5.41) is 3.27. The lowest BCUT2D eigenvalue weighted by atomic mass is 9.95. The predicted molar refractivity (Wildman–Crippen MR) is 145 cm³/mol. The lowest BCUT2D eigenvalue weighted by Crippen LogP contribution is -2.55. The van der Waals surface area contributed by atoms with Crippen molar-refractivity contribution in [3.05, 3.63) is 76.1 Å². The summed E-state index contributed by atoms with van der Waals surface area (Å²) in [6.07, 6.45) is -4.12. The van der Waals surface area contributed by atoms with Crippen LogP contribution in [0.1, 0.15) is 48.3 Å². The number of aromatic nitrogens is 1. The second kappa shape index (κ2) is 9.65. The van der Waals surface area contributed by atoms with Crippen LogP contribution in [0.5, 0.6) is 11.5 Å². The fraction of sp³-hybridized carbons (Fsp3) is 0.286. The van der Waals surface area contributed by atoms with Gasteiger partial charge in [0.25, 0.3) is 0 Å². The van der Waals surface area contributed by atoms with E-state index in [-0.39, 0.29) is 24.2 Å². The van der Waals surface area contributed by atoms with E-state index in [1.165, 1.54) is 23.0 Å². The molecule has 13 heteroatoms. The number of nitrogens with one attached hydrogen (secondary N) is 1. The number of aliphatic imine (C=N–C) groups is 1. The number of rotatable bonds is 5. The van der Waals surface area contributed by atoms with E-state index in [0.29, 0.717) is 39.0 Å². The summed E-state index contributed by atoms with van der Waals surface area (Å²) < 4.78 is 51.7. The molecule has 0 unspecified atom stereocenters. The minimum Gasteiger partial charge on any atom is -0.494 e. The van der Waals surface area contributed by atoms with Crippen molar-refractivity contribution in [2.45, 2.75) is 38.2 Å². The van der Waals surface area contributed by atoms with Gasteiger partial charge in [0.1, 0.15) is 41.7 Å². The zero-order valence-corrected chi connectivity index (χ0v) is 22.7. The van der Waals surface area contributed by atoms with Crippen LogP contribution in [0.3, 0.4) is 0 Å². The molecule has 2 aromatic carbocycles. The number of fused-ring (bicyclic) bond motifs is 2. The average Bonchev–Trinajstić information content (AvgIpc) is 3.32. The maximum atomic E-state index is 14.2. The van der Waals surface area contributed by atoms with Crippen molar-refractivity contribution in [2.24, 2.45) is 4.99 Å². The first kappa shape index (κ1) is 26.9. The highest BCUT2D eigenvalue weighted by Gasteiger charge is 2.52. The van der Waals surface area contributed by atoms with Crippen LogP contribution in [0.15, 0.2) is 53.7 Å². The number of ether oxygens (including phenoxy) is 2. The molecule has 1 aromatic heterocycles. The second-order valence-corrected chi connectivity index (χ2v) is 10.4. The molecule has 0 bridgehead atoms. The molecule has 2 atom stereocenters. The van der Waals surface area contributed by atoms with Crippen LogP contribution in [0, 0.1) is 0 Å². The SMILES string of the molecule is COc1cc(OC(C)C)c2c3c1NC(=O)CN3C(=O)N1C2=N[C@@H](c2ccc(Cl)cc2)[C@H]1c1ccc(C(F)(F)F)cn1. The number of nitrogens with zero attached hydrogens (tertiary/aromatic N) is 4. The highest BCUT2D eigenvalue weighted by Crippen LogP contribution is 2.54. The van der Waals surface area contributed by atoms with Gasteiger partial charge in [-0.15, -0.1) is 0 Å². The van der Waals surface area contributed by atoms with Crippen molar-refractivity contribution >= 4 is 40.7 Å². The summed E-state index contributed by atoms with van der Waals surface area (Å²) in [5.74, 6) is 0.464. The highest BCUT2D eigenvalue weighted by molar-refractivity contribution is 6.30. The van der Waals surface area contributed by atoms with Crippen LogP contribution in [-0.2, 0) is 11.0 Å². The number of benzene rings is 2. The molecule has 3 aromatic rings. The summed E-state index contributed by atoms with van der Waals surface area (Å²) in [5.41, 5.74) is 1.04. The summed E-state index contributed by atoms with van der Waals surface area (Å²) >= 11 is 6.12. The molecule has 1 N–H and O–H groups in total. The van der Waals surface area contributed by atoms with E-state index in [2.05, 4.69) is 10.3 Å². The van der Waals surface area contributed by atoms with Crippen LogP contribution in [0.4, 0.5) is 29.3 Å². The molecule has 9 nitrogen and oxygen atoms in total. The van der Waals surface area contributed by atoms with Gasteiger partial charge in [-0.2, -0.15) is 13.2 Å². The van der Waals surface area contributed by atoms with Crippen LogP contribution in [0.25, 0.3) is 0 Å². The summed E-state index contributed by atoms with van der Waals surface area (Å²) in [7, 11) is 1.44. The van der Waals surface area contributed by atoms with Crippen LogP contribution < -0.4 is 19.7 Å². The van der Waals surface area contributed by atoms with E-state index in [1.807, 2.05) is 13.8 Å². The number of alkyl halides is 3. The topological polar surface area (TPSA) is 96.4 Å². The number of amides is 3. The maximum Gasteiger partial charge on any atom is 0.417 e. The number of amidine groups is 1. The van der Waals surface area contributed by atoms with Gasteiger partial charge in [-0.1, -0.05) is 23.7 Å². The smallest absolute Gasteiger partial charge is 0.417 e. The number of urea groups is 1. The van der Waals surface area contributed by atoms with Crippen molar-refractivity contribution in [3.63, 3.8) is 0 Å². The Hall–Kier alpha value is -4.32. The molecule has 0 fully saturated rings. The lowest BCUT2D eigenvalue weighted by Gasteiger charge is -2.42. The van der Waals surface area contributed by atoms with Gasteiger partial charge in [0, 0.05) is 17.3 Å². The molecule has 0 saturated heterocycles. The average molecular weight is 586 g/mol. The molecule has 0 spiro atoms. The lowest BCUT2D eigenvalue weighted by molar-refractivity contribution is -0.137. The normalized spacial score (nSPS) is 19.6. The Labute approximate surface area is 237 Å². The van der Waals surface area contributed by atoms with Gasteiger partial charge in [-0.3, -0.25) is 24.6 Å². The minimum atomic E-state index is -4.59. The Kier molecular flexibility index (Phi) is 6.33. The molecule has 3 aliphatic heterocycles. The molecule has 0 radical (unpaired) electrons. The van der Waals surface area contributed by atoms with Gasteiger partial charge in [-0.05, 0) is 43.7 Å². The molecule has 0 aliphatic carbocycles. The number of hydrogen-bond donors (Lipinski definition) is 1. The number of carbonyl (C=O) groups is 2. The van der Waals surface area contributed by atoms with Crippen molar-refractivity contribution in [3.8, 4) is 11.5 Å². The Balaban J connectivity index is 1.60. The molecular formula is C28H23ClF3N5O4. The third kappa shape index (κ3) is 4.42. The zero-order chi connectivity index (χ0) is 29.2. The zero-order valence-electron chi connectivity index (χ0n) is 22.0. The molecule has 4 heterocycles. The van der Waals surface area contributed by atoms with Crippen LogP contribution >= 0.6 is 11.6 Å². The number of carbonyl (C=O) groups excluding carboxylic acids is 2. The number of anilines is 2. The number of hydrogen-bond acceptors (Lipinski definition) is 6. The van der Waals surface area contributed by atoms with Gasteiger partial charge < -0.3 is 14.8 Å². The quantitative estimate of drug-likeness (QED) is 0.397. The maximum absolute atomic E-state index is 14.2. The minimum absolute atomic E-state index is 0.190. The summed E-state index contributed by atoms with van der Waals surface area (Å²) in [4.78, 5) is 38.7. The van der Waals surface area contributed by atoms with E-state index in [9.17, 15) is 22.8 Å². The molecule has 212 valence electrons. The van der Waals surface area contributed by atoms with Crippen molar-refractivity contribution < 1.29 is 32.2 Å². The fourth-order valence-electron chi connectivity index (χ4n) is 5.32. The number of methoxy groups -OCH3 is 1. The third-order valence-corrected chi connectivity index (χ3v) is 7.25.